The number of guanidine groups is 1. The Kier molecular flexibility index (Phi) is 8.76. The smallest absolute Gasteiger partial charge is 0.193 e. The summed E-state index contributed by atoms with van der Waals surface area (Å²) in [7, 11) is 3.67. The molecule has 1 fully saturated rings. The zero-order valence-corrected chi connectivity index (χ0v) is 15.9. The monoisotopic (exact) mass is 351 g/mol. The Morgan fingerprint density at radius 3 is 2.80 bits per heavy atom. The van der Waals surface area contributed by atoms with Crippen LogP contribution in [0.25, 0.3) is 0 Å². The van der Waals surface area contributed by atoms with Crippen LogP contribution in [0, 0.1) is 0 Å². The van der Waals surface area contributed by atoms with Crippen LogP contribution in [0.5, 0.6) is 0 Å². The summed E-state index contributed by atoms with van der Waals surface area (Å²) in [6.45, 7) is 7.33. The van der Waals surface area contributed by atoms with Crippen molar-refractivity contribution in [2.75, 3.05) is 46.5 Å². The minimum atomic E-state index is 0.367. The van der Waals surface area contributed by atoms with Gasteiger partial charge in [-0.1, -0.05) is 0 Å². The van der Waals surface area contributed by atoms with Crippen molar-refractivity contribution < 1.29 is 9.47 Å². The number of methoxy groups -OCH3 is 1. The van der Waals surface area contributed by atoms with Crippen LogP contribution in [0.4, 0.5) is 0 Å². The highest BCUT2D eigenvalue weighted by Crippen LogP contribution is 2.14. The van der Waals surface area contributed by atoms with Crippen molar-refractivity contribution in [3.63, 3.8) is 0 Å². The van der Waals surface area contributed by atoms with Gasteiger partial charge in [0.25, 0.3) is 0 Å². The standard InChI is InChI=1S/C18H33N5O2/c1-4-19-18(20-9-6-16-14-21-22(2)15-16)23-10-7-17(8-11-23)25-13-5-12-24-3/h14-15,17H,4-13H2,1-3H3,(H,19,20). The van der Waals surface area contributed by atoms with Gasteiger partial charge in [0.1, 0.15) is 0 Å². The number of rotatable bonds is 9. The predicted molar refractivity (Wildman–Crippen MR) is 99.9 cm³/mol. The first kappa shape index (κ1) is 19.7. The first-order valence-electron chi connectivity index (χ1n) is 9.34. The Morgan fingerprint density at radius 2 is 2.16 bits per heavy atom. The van der Waals surface area contributed by atoms with Gasteiger partial charge >= 0.3 is 0 Å². The van der Waals surface area contributed by atoms with Crippen molar-refractivity contribution in [3.05, 3.63) is 18.0 Å². The SMILES string of the molecule is CCNC(=NCCc1cnn(C)c1)N1CCC(OCCCOC)CC1. The Hall–Kier alpha value is -1.60. The molecule has 1 aliphatic heterocycles. The summed E-state index contributed by atoms with van der Waals surface area (Å²) in [6, 6.07) is 0. The van der Waals surface area contributed by atoms with Crippen LogP contribution in [-0.2, 0) is 22.9 Å². The molecule has 7 heteroatoms. The molecule has 0 amide bonds. The topological polar surface area (TPSA) is 63.9 Å². The van der Waals surface area contributed by atoms with E-state index in [1.165, 1.54) is 5.56 Å². The number of hydrogen-bond acceptors (Lipinski definition) is 4. The second kappa shape index (κ2) is 11.1. The molecule has 1 aromatic rings. The van der Waals surface area contributed by atoms with E-state index in [9.17, 15) is 0 Å². The number of aromatic nitrogens is 2. The first-order chi connectivity index (χ1) is 12.2. The summed E-state index contributed by atoms with van der Waals surface area (Å²) >= 11 is 0. The molecule has 0 unspecified atom stereocenters. The second-order valence-corrected chi connectivity index (χ2v) is 6.41. The lowest BCUT2D eigenvalue weighted by atomic mass is 10.1. The molecule has 1 N–H and O–H groups in total. The predicted octanol–water partition coefficient (Wildman–Crippen LogP) is 1.45. The van der Waals surface area contributed by atoms with Crippen LogP contribution >= 0.6 is 0 Å². The van der Waals surface area contributed by atoms with Gasteiger partial charge in [0.15, 0.2) is 5.96 Å². The zero-order chi connectivity index (χ0) is 17.9. The fourth-order valence-electron chi connectivity index (χ4n) is 3.01. The summed E-state index contributed by atoms with van der Waals surface area (Å²) in [4.78, 5) is 7.14. The average Bonchev–Trinajstić information content (AvgIpc) is 3.04. The molecule has 25 heavy (non-hydrogen) atoms. The fraction of sp³-hybridized carbons (Fsp3) is 0.778. The summed E-state index contributed by atoms with van der Waals surface area (Å²) in [6.07, 6.45) is 8.33. The third-order valence-electron chi connectivity index (χ3n) is 4.34. The summed E-state index contributed by atoms with van der Waals surface area (Å²) in [5.74, 6) is 1.02. The van der Waals surface area contributed by atoms with Gasteiger partial charge in [0.2, 0.25) is 0 Å². The van der Waals surface area contributed by atoms with Crippen LogP contribution in [-0.4, -0.2) is 73.2 Å². The highest BCUT2D eigenvalue weighted by molar-refractivity contribution is 5.80. The van der Waals surface area contributed by atoms with Crippen molar-refractivity contribution in [1.82, 2.24) is 20.0 Å². The molecular weight excluding hydrogens is 318 g/mol. The van der Waals surface area contributed by atoms with E-state index >= 15 is 0 Å². The normalized spacial score (nSPS) is 16.4. The lowest BCUT2D eigenvalue weighted by molar-refractivity contribution is 0.00991. The van der Waals surface area contributed by atoms with E-state index in [2.05, 4.69) is 28.4 Å². The molecule has 0 aromatic carbocycles. The van der Waals surface area contributed by atoms with Gasteiger partial charge in [-0.05, 0) is 38.2 Å². The molecule has 0 aliphatic carbocycles. The maximum atomic E-state index is 5.94. The molecular formula is C18H33N5O2. The van der Waals surface area contributed by atoms with Gasteiger partial charge in [-0.25, -0.2) is 0 Å². The quantitative estimate of drug-likeness (QED) is 0.414. The molecule has 0 radical (unpaired) electrons. The molecule has 0 bridgehead atoms. The minimum absolute atomic E-state index is 0.367. The van der Waals surface area contributed by atoms with E-state index in [1.807, 2.05) is 17.9 Å². The fourth-order valence-corrected chi connectivity index (χ4v) is 3.01. The third-order valence-corrected chi connectivity index (χ3v) is 4.34. The number of aliphatic imine (C=N–C) groups is 1. The molecule has 0 spiro atoms. The van der Waals surface area contributed by atoms with Crippen molar-refractivity contribution in [3.8, 4) is 0 Å². The molecule has 1 aliphatic rings. The minimum Gasteiger partial charge on any atom is -0.385 e. The second-order valence-electron chi connectivity index (χ2n) is 6.41. The third kappa shape index (κ3) is 7.04. The Bertz CT molecular complexity index is 509. The number of ether oxygens (including phenoxy) is 2. The Balaban J connectivity index is 1.75. The van der Waals surface area contributed by atoms with Gasteiger partial charge in [-0.3, -0.25) is 9.67 Å². The lowest BCUT2D eigenvalue weighted by Crippen LogP contribution is -2.47. The van der Waals surface area contributed by atoms with Crippen molar-refractivity contribution in [2.24, 2.45) is 12.0 Å². The number of nitrogens with zero attached hydrogens (tertiary/aromatic N) is 4. The van der Waals surface area contributed by atoms with Gasteiger partial charge < -0.3 is 19.7 Å². The van der Waals surface area contributed by atoms with E-state index in [4.69, 9.17) is 14.5 Å². The molecule has 0 atom stereocenters. The highest BCUT2D eigenvalue weighted by atomic mass is 16.5. The molecule has 1 saturated heterocycles. The van der Waals surface area contributed by atoms with E-state index in [0.29, 0.717) is 6.10 Å². The van der Waals surface area contributed by atoms with Gasteiger partial charge in [0, 0.05) is 59.7 Å². The van der Waals surface area contributed by atoms with Crippen LogP contribution in [0.3, 0.4) is 0 Å². The van der Waals surface area contributed by atoms with E-state index < -0.39 is 0 Å². The summed E-state index contributed by atoms with van der Waals surface area (Å²) in [5, 5.41) is 7.62. The van der Waals surface area contributed by atoms with Gasteiger partial charge in [-0.15, -0.1) is 0 Å². The van der Waals surface area contributed by atoms with Gasteiger partial charge in [0.05, 0.1) is 12.3 Å². The Morgan fingerprint density at radius 1 is 1.36 bits per heavy atom. The van der Waals surface area contributed by atoms with E-state index in [0.717, 1.165) is 71.0 Å². The maximum Gasteiger partial charge on any atom is 0.193 e. The number of likely N-dealkylation sites (tertiary alicyclic amines) is 1. The summed E-state index contributed by atoms with van der Waals surface area (Å²) in [5.41, 5.74) is 1.23. The van der Waals surface area contributed by atoms with E-state index in [1.54, 1.807) is 7.11 Å². The molecule has 0 saturated carbocycles. The first-order valence-corrected chi connectivity index (χ1v) is 9.34. The molecule has 2 heterocycles. The number of hydrogen-bond donors (Lipinski definition) is 1. The number of piperidine rings is 1. The van der Waals surface area contributed by atoms with Crippen molar-refractivity contribution in [1.29, 1.82) is 0 Å². The maximum absolute atomic E-state index is 5.94. The highest BCUT2D eigenvalue weighted by Gasteiger charge is 2.21. The molecule has 1 aromatic heterocycles. The van der Waals surface area contributed by atoms with Crippen molar-refractivity contribution in [2.45, 2.75) is 38.7 Å². The van der Waals surface area contributed by atoms with E-state index in [-0.39, 0.29) is 0 Å². The Labute approximate surface area is 151 Å². The van der Waals surface area contributed by atoms with Crippen LogP contribution < -0.4 is 5.32 Å². The van der Waals surface area contributed by atoms with Crippen LogP contribution in [0.15, 0.2) is 17.4 Å². The van der Waals surface area contributed by atoms with Crippen LogP contribution in [0.2, 0.25) is 0 Å². The number of nitrogens with one attached hydrogen (secondary N) is 1. The van der Waals surface area contributed by atoms with Crippen LogP contribution in [0.1, 0.15) is 31.7 Å². The largest absolute Gasteiger partial charge is 0.385 e. The lowest BCUT2D eigenvalue weighted by Gasteiger charge is -2.34. The number of aryl methyl sites for hydroxylation is 1. The molecule has 142 valence electrons. The van der Waals surface area contributed by atoms with Crippen molar-refractivity contribution >= 4 is 5.96 Å². The van der Waals surface area contributed by atoms with Gasteiger partial charge in [-0.2, -0.15) is 5.10 Å². The summed E-state index contributed by atoms with van der Waals surface area (Å²) < 4.78 is 12.8. The average molecular weight is 351 g/mol. The molecule has 2 rings (SSSR count). The zero-order valence-electron chi connectivity index (χ0n) is 15.9. The molecule has 7 nitrogen and oxygen atoms in total.